The molecule has 1 aromatic carbocycles. The highest BCUT2D eigenvalue weighted by Gasteiger charge is 2.19. The van der Waals surface area contributed by atoms with E-state index in [1.54, 1.807) is 0 Å². The minimum Gasteiger partial charge on any atom is -0.494 e. The Labute approximate surface area is 103 Å². The number of nitrogens with zero attached hydrogens (tertiary/aromatic N) is 1. The van der Waals surface area contributed by atoms with Crippen LogP contribution in [0.15, 0.2) is 24.3 Å². The van der Waals surface area contributed by atoms with Gasteiger partial charge in [-0.2, -0.15) is 5.26 Å². The van der Waals surface area contributed by atoms with E-state index in [1.165, 1.54) is 0 Å². The molecule has 0 bridgehead atoms. The molecule has 92 valence electrons. The molecule has 0 radical (unpaired) electrons. The lowest BCUT2D eigenvalue weighted by Gasteiger charge is -2.21. The van der Waals surface area contributed by atoms with Crippen LogP contribution in [0.25, 0.3) is 0 Å². The fraction of sp³-hybridized carbons (Fsp3) is 0.500. The van der Waals surface area contributed by atoms with Gasteiger partial charge in [-0.3, -0.25) is 0 Å². The summed E-state index contributed by atoms with van der Waals surface area (Å²) in [5.74, 6) is 0.869. The van der Waals surface area contributed by atoms with Crippen LogP contribution in [0.5, 0.6) is 5.75 Å². The molecule has 1 rings (SSSR count). The molecule has 0 spiro atoms. The molecule has 0 aliphatic rings. The number of ether oxygens (including phenoxy) is 1. The lowest BCUT2D eigenvalue weighted by atomic mass is 9.92. The zero-order valence-electron chi connectivity index (χ0n) is 10.7. The third-order valence-corrected chi connectivity index (χ3v) is 2.87. The summed E-state index contributed by atoms with van der Waals surface area (Å²) >= 11 is 0. The highest BCUT2D eigenvalue weighted by Crippen LogP contribution is 2.25. The average molecular weight is 232 g/mol. The lowest BCUT2D eigenvalue weighted by Crippen LogP contribution is -2.23. The maximum Gasteiger partial charge on any atom is 0.119 e. The van der Waals surface area contributed by atoms with E-state index in [1.807, 2.05) is 45.2 Å². The number of nitriles is 1. The van der Waals surface area contributed by atoms with Crippen molar-refractivity contribution in [2.45, 2.75) is 26.3 Å². The van der Waals surface area contributed by atoms with Gasteiger partial charge in [0.05, 0.1) is 18.6 Å². The lowest BCUT2D eigenvalue weighted by molar-refractivity contribution is 0.340. The van der Waals surface area contributed by atoms with E-state index in [4.69, 9.17) is 10.00 Å². The molecule has 0 fully saturated rings. The normalized spacial score (nSPS) is 13.8. The predicted molar refractivity (Wildman–Crippen MR) is 68.8 cm³/mol. The zero-order chi connectivity index (χ0) is 12.7. The first-order chi connectivity index (χ1) is 8.26. The Morgan fingerprint density at radius 1 is 1.29 bits per heavy atom. The van der Waals surface area contributed by atoms with E-state index in [0.717, 1.165) is 17.7 Å². The van der Waals surface area contributed by atoms with Crippen LogP contribution >= 0.6 is 0 Å². The quantitative estimate of drug-likeness (QED) is 0.820. The van der Waals surface area contributed by atoms with Gasteiger partial charge in [0.1, 0.15) is 5.75 Å². The first-order valence-corrected chi connectivity index (χ1v) is 6.06. The highest BCUT2D eigenvalue weighted by atomic mass is 16.5. The van der Waals surface area contributed by atoms with Crippen molar-refractivity contribution in [3.63, 3.8) is 0 Å². The Bertz CT molecular complexity index is 367. The minimum absolute atomic E-state index is 0.00190. The summed E-state index contributed by atoms with van der Waals surface area (Å²) in [6.07, 6.45) is 0.842. The summed E-state index contributed by atoms with van der Waals surface area (Å²) in [7, 11) is 1.89. The van der Waals surface area contributed by atoms with Gasteiger partial charge >= 0.3 is 0 Å². The van der Waals surface area contributed by atoms with Crippen LogP contribution in [0.4, 0.5) is 0 Å². The molecule has 0 aromatic heterocycles. The summed E-state index contributed by atoms with van der Waals surface area (Å²) in [6, 6.07) is 10.4. The molecular formula is C14H20N2O. The maximum absolute atomic E-state index is 9.11. The standard InChI is InChI=1S/C14H20N2O/c1-4-11(10-15)14(16-3)12-6-8-13(9-7-12)17-5-2/h6-9,11,14,16H,4-5H2,1-3H3. The van der Waals surface area contributed by atoms with Crippen molar-refractivity contribution in [3.05, 3.63) is 29.8 Å². The van der Waals surface area contributed by atoms with E-state index in [0.29, 0.717) is 6.61 Å². The van der Waals surface area contributed by atoms with Crippen molar-refractivity contribution in [1.29, 1.82) is 5.26 Å². The number of rotatable bonds is 6. The molecule has 3 nitrogen and oxygen atoms in total. The molecule has 17 heavy (non-hydrogen) atoms. The largest absolute Gasteiger partial charge is 0.494 e. The molecule has 0 saturated carbocycles. The van der Waals surface area contributed by atoms with Gasteiger partial charge in [0.25, 0.3) is 0 Å². The highest BCUT2D eigenvalue weighted by molar-refractivity contribution is 5.30. The molecule has 0 heterocycles. The minimum atomic E-state index is -0.00190. The second-order valence-electron chi connectivity index (χ2n) is 3.91. The monoisotopic (exact) mass is 232 g/mol. The van der Waals surface area contributed by atoms with Gasteiger partial charge in [-0.15, -0.1) is 0 Å². The molecule has 0 amide bonds. The molecule has 2 atom stereocenters. The van der Waals surface area contributed by atoms with Gasteiger partial charge in [-0.05, 0) is 38.1 Å². The van der Waals surface area contributed by atoms with Gasteiger partial charge in [0, 0.05) is 6.04 Å². The van der Waals surface area contributed by atoms with E-state index < -0.39 is 0 Å². The fourth-order valence-electron chi connectivity index (χ4n) is 1.94. The van der Waals surface area contributed by atoms with Crippen LogP contribution in [0.3, 0.4) is 0 Å². The molecular weight excluding hydrogens is 212 g/mol. The van der Waals surface area contributed by atoms with Crippen LogP contribution in [0.2, 0.25) is 0 Å². The third kappa shape index (κ3) is 3.47. The van der Waals surface area contributed by atoms with Crippen molar-refractivity contribution in [1.82, 2.24) is 5.32 Å². The number of hydrogen-bond donors (Lipinski definition) is 1. The Morgan fingerprint density at radius 3 is 2.35 bits per heavy atom. The van der Waals surface area contributed by atoms with E-state index in [9.17, 15) is 0 Å². The van der Waals surface area contributed by atoms with Crippen LogP contribution in [-0.2, 0) is 0 Å². The average Bonchev–Trinajstić information content (AvgIpc) is 2.37. The van der Waals surface area contributed by atoms with Gasteiger partial charge in [-0.25, -0.2) is 0 Å². The van der Waals surface area contributed by atoms with E-state index in [2.05, 4.69) is 11.4 Å². The molecule has 3 heteroatoms. The van der Waals surface area contributed by atoms with Crippen molar-refractivity contribution in [2.75, 3.05) is 13.7 Å². The summed E-state index contributed by atoms with van der Waals surface area (Å²) in [4.78, 5) is 0. The summed E-state index contributed by atoms with van der Waals surface area (Å²) in [5, 5.41) is 12.3. The van der Waals surface area contributed by atoms with Gasteiger partial charge in [-0.1, -0.05) is 19.1 Å². The summed E-state index contributed by atoms with van der Waals surface area (Å²) < 4.78 is 5.40. The van der Waals surface area contributed by atoms with Crippen molar-refractivity contribution < 1.29 is 4.74 Å². The Morgan fingerprint density at radius 2 is 1.94 bits per heavy atom. The van der Waals surface area contributed by atoms with Gasteiger partial charge in [0.15, 0.2) is 0 Å². The van der Waals surface area contributed by atoms with E-state index in [-0.39, 0.29) is 12.0 Å². The van der Waals surface area contributed by atoms with Crippen LogP contribution < -0.4 is 10.1 Å². The van der Waals surface area contributed by atoms with Gasteiger partial charge < -0.3 is 10.1 Å². The topological polar surface area (TPSA) is 45.0 Å². The molecule has 2 unspecified atom stereocenters. The van der Waals surface area contributed by atoms with Crippen molar-refractivity contribution >= 4 is 0 Å². The molecule has 0 aliphatic carbocycles. The van der Waals surface area contributed by atoms with Crippen molar-refractivity contribution in [2.24, 2.45) is 5.92 Å². The van der Waals surface area contributed by atoms with Crippen LogP contribution in [0, 0.1) is 17.2 Å². The second kappa shape index (κ2) is 6.93. The maximum atomic E-state index is 9.11. The SMILES string of the molecule is CCOc1ccc(C(NC)C(C#N)CC)cc1. The predicted octanol–water partition coefficient (Wildman–Crippen LogP) is 2.90. The molecule has 1 N–H and O–H groups in total. The number of nitrogens with one attached hydrogen (secondary N) is 1. The molecule has 0 aliphatic heterocycles. The Kier molecular flexibility index (Phi) is 5.51. The van der Waals surface area contributed by atoms with Gasteiger partial charge in [0.2, 0.25) is 0 Å². The number of benzene rings is 1. The number of hydrogen-bond acceptors (Lipinski definition) is 3. The Balaban J connectivity index is 2.86. The first-order valence-electron chi connectivity index (χ1n) is 6.06. The second-order valence-corrected chi connectivity index (χ2v) is 3.91. The summed E-state index contributed by atoms with van der Waals surface area (Å²) in [6.45, 7) is 4.67. The molecule has 0 saturated heterocycles. The smallest absolute Gasteiger partial charge is 0.119 e. The Hall–Kier alpha value is -1.53. The van der Waals surface area contributed by atoms with Crippen LogP contribution in [0.1, 0.15) is 31.9 Å². The van der Waals surface area contributed by atoms with Crippen LogP contribution in [-0.4, -0.2) is 13.7 Å². The fourth-order valence-corrected chi connectivity index (χ4v) is 1.94. The van der Waals surface area contributed by atoms with E-state index >= 15 is 0 Å². The third-order valence-electron chi connectivity index (χ3n) is 2.87. The summed E-state index contributed by atoms with van der Waals surface area (Å²) in [5.41, 5.74) is 1.13. The zero-order valence-corrected chi connectivity index (χ0v) is 10.7. The van der Waals surface area contributed by atoms with Crippen molar-refractivity contribution in [3.8, 4) is 11.8 Å². The first kappa shape index (κ1) is 13.5. The molecule has 1 aromatic rings.